The summed E-state index contributed by atoms with van der Waals surface area (Å²) in [6, 6.07) is 0. The van der Waals surface area contributed by atoms with Crippen molar-refractivity contribution in [1.82, 2.24) is 14.7 Å². The quantitative estimate of drug-likeness (QED) is 0.839. The number of aromatic nitrogens is 2. The molecule has 2 rings (SSSR count). The van der Waals surface area contributed by atoms with Crippen molar-refractivity contribution in [2.24, 2.45) is 0 Å². The number of hydrogen-bond donors (Lipinski definition) is 1. The molecular formula is C13H21BrN4O2. The molecule has 112 valence electrons. The predicted octanol–water partition coefficient (Wildman–Crippen LogP) is 1.16. The molecule has 1 fully saturated rings. The lowest BCUT2D eigenvalue weighted by Gasteiger charge is -2.26. The molecule has 1 aliphatic heterocycles. The zero-order chi connectivity index (χ0) is 14.4. The number of morpholine rings is 1. The van der Waals surface area contributed by atoms with Gasteiger partial charge in [0.15, 0.2) is 0 Å². The molecule has 0 bridgehead atoms. The second-order valence-corrected chi connectivity index (χ2v) is 5.57. The Morgan fingerprint density at radius 3 is 2.85 bits per heavy atom. The highest BCUT2D eigenvalue weighted by Crippen LogP contribution is 2.15. The molecule has 0 unspecified atom stereocenters. The van der Waals surface area contributed by atoms with Gasteiger partial charge in [-0.15, -0.1) is 0 Å². The fraction of sp³-hybridized carbons (Fsp3) is 0.692. The molecule has 0 amide bonds. The lowest BCUT2D eigenvalue weighted by molar-refractivity contribution is 0.0398. The Labute approximate surface area is 127 Å². The summed E-state index contributed by atoms with van der Waals surface area (Å²) in [5.41, 5.74) is 0.679. The summed E-state index contributed by atoms with van der Waals surface area (Å²) in [5.74, 6) is 0. The molecule has 20 heavy (non-hydrogen) atoms. The van der Waals surface area contributed by atoms with Crippen molar-refractivity contribution in [1.29, 1.82) is 0 Å². The van der Waals surface area contributed by atoms with Crippen LogP contribution in [0.15, 0.2) is 15.5 Å². The van der Waals surface area contributed by atoms with Gasteiger partial charge in [-0.3, -0.25) is 9.69 Å². The molecule has 0 spiro atoms. The zero-order valence-electron chi connectivity index (χ0n) is 11.8. The minimum atomic E-state index is -0.0803. The molecule has 2 heterocycles. The van der Waals surface area contributed by atoms with Gasteiger partial charge in [0.25, 0.3) is 5.56 Å². The van der Waals surface area contributed by atoms with Crippen LogP contribution in [0, 0.1) is 0 Å². The minimum Gasteiger partial charge on any atom is -0.381 e. The van der Waals surface area contributed by atoms with Crippen molar-refractivity contribution >= 4 is 21.6 Å². The molecule has 7 heteroatoms. The van der Waals surface area contributed by atoms with E-state index >= 15 is 0 Å². The Bertz CT molecular complexity index is 486. The van der Waals surface area contributed by atoms with E-state index in [1.165, 1.54) is 4.68 Å². The van der Waals surface area contributed by atoms with Gasteiger partial charge in [-0.05, 0) is 22.4 Å². The SMILES string of the molecule is CCCn1ncc(NCCN2CCOCC2)c(Br)c1=O. The maximum absolute atomic E-state index is 12.0. The number of halogens is 1. The normalized spacial score (nSPS) is 16.3. The molecule has 6 nitrogen and oxygen atoms in total. The van der Waals surface area contributed by atoms with E-state index in [9.17, 15) is 4.79 Å². The van der Waals surface area contributed by atoms with Crippen molar-refractivity contribution in [3.8, 4) is 0 Å². The number of nitrogens with zero attached hydrogens (tertiary/aromatic N) is 3. The van der Waals surface area contributed by atoms with Crippen LogP contribution in [0.4, 0.5) is 5.69 Å². The molecular weight excluding hydrogens is 324 g/mol. The van der Waals surface area contributed by atoms with Crippen molar-refractivity contribution in [3.63, 3.8) is 0 Å². The second kappa shape index (κ2) is 7.75. The Kier molecular flexibility index (Phi) is 6.00. The van der Waals surface area contributed by atoms with Crippen LogP contribution in [0.1, 0.15) is 13.3 Å². The van der Waals surface area contributed by atoms with Crippen molar-refractivity contribution < 1.29 is 4.74 Å². The third kappa shape index (κ3) is 4.04. The minimum absolute atomic E-state index is 0.0803. The molecule has 1 aromatic heterocycles. The fourth-order valence-corrected chi connectivity index (χ4v) is 2.58. The van der Waals surface area contributed by atoms with Gasteiger partial charge in [0, 0.05) is 32.7 Å². The average Bonchev–Trinajstić information content (AvgIpc) is 2.48. The third-order valence-corrected chi connectivity index (χ3v) is 4.03. The molecule has 0 aromatic carbocycles. The summed E-state index contributed by atoms with van der Waals surface area (Å²) < 4.78 is 7.35. The molecule has 1 aromatic rings. The topological polar surface area (TPSA) is 59.4 Å². The van der Waals surface area contributed by atoms with Crippen LogP contribution in [0.2, 0.25) is 0 Å². The molecule has 0 radical (unpaired) electrons. The number of anilines is 1. The first-order chi connectivity index (χ1) is 9.72. The summed E-state index contributed by atoms with van der Waals surface area (Å²) in [7, 11) is 0. The molecule has 0 atom stereocenters. The van der Waals surface area contributed by atoms with Gasteiger partial charge in [0.1, 0.15) is 4.47 Å². The van der Waals surface area contributed by atoms with Gasteiger partial charge in [-0.25, -0.2) is 4.68 Å². The van der Waals surface area contributed by atoms with Crippen LogP contribution >= 0.6 is 15.9 Å². The number of aryl methyl sites for hydroxylation is 1. The molecule has 1 N–H and O–H groups in total. The van der Waals surface area contributed by atoms with Gasteiger partial charge in [-0.2, -0.15) is 5.10 Å². The molecule has 1 aliphatic rings. The van der Waals surface area contributed by atoms with Crippen LogP contribution < -0.4 is 10.9 Å². The van der Waals surface area contributed by atoms with Crippen molar-refractivity contribution in [2.45, 2.75) is 19.9 Å². The van der Waals surface area contributed by atoms with Gasteiger partial charge in [0.2, 0.25) is 0 Å². The molecule has 1 saturated heterocycles. The van der Waals surface area contributed by atoms with Gasteiger partial charge in [-0.1, -0.05) is 6.92 Å². The Balaban J connectivity index is 1.89. The molecule has 0 aliphatic carbocycles. The van der Waals surface area contributed by atoms with Gasteiger partial charge < -0.3 is 10.1 Å². The van der Waals surface area contributed by atoms with E-state index in [2.05, 4.69) is 31.2 Å². The van der Waals surface area contributed by atoms with Crippen LogP contribution in [0.25, 0.3) is 0 Å². The van der Waals surface area contributed by atoms with Crippen molar-refractivity contribution in [2.75, 3.05) is 44.7 Å². The van der Waals surface area contributed by atoms with Gasteiger partial charge >= 0.3 is 0 Å². The lowest BCUT2D eigenvalue weighted by atomic mass is 10.4. The Hall–Kier alpha value is -0.920. The van der Waals surface area contributed by atoms with E-state index in [0.29, 0.717) is 11.0 Å². The van der Waals surface area contributed by atoms with E-state index in [0.717, 1.165) is 51.5 Å². The smallest absolute Gasteiger partial charge is 0.283 e. The lowest BCUT2D eigenvalue weighted by Crippen LogP contribution is -2.39. The van der Waals surface area contributed by atoms with E-state index in [4.69, 9.17) is 4.74 Å². The van der Waals surface area contributed by atoms with Crippen LogP contribution in [0.5, 0.6) is 0 Å². The Morgan fingerprint density at radius 2 is 2.15 bits per heavy atom. The summed E-state index contributed by atoms with van der Waals surface area (Å²) in [5, 5.41) is 7.44. The monoisotopic (exact) mass is 344 g/mol. The molecule has 0 saturated carbocycles. The van der Waals surface area contributed by atoms with Crippen molar-refractivity contribution in [3.05, 3.63) is 21.0 Å². The Morgan fingerprint density at radius 1 is 1.40 bits per heavy atom. The van der Waals surface area contributed by atoms with E-state index in [1.807, 2.05) is 6.92 Å². The highest BCUT2D eigenvalue weighted by molar-refractivity contribution is 9.10. The summed E-state index contributed by atoms with van der Waals surface area (Å²) >= 11 is 3.36. The summed E-state index contributed by atoms with van der Waals surface area (Å²) in [6.07, 6.45) is 2.60. The first-order valence-corrected chi connectivity index (χ1v) is 7.81. The number of rotatable bonds is 6. The second-order valence-electron chi connectivity index (χ2n) is 4.78. The van der Waals surface area contributed by atoms with Crippen LogP contribution in [0.3, 0.4) is 0 Å². The number of hydrogen-bond acceptors (Lipinski definition) is 5. The van der Waals surface area contributed by atoms with Crippen LogP contribution in [-0.2, 0) is 11.3 Å². The zero-order valence-corrected chi connectivity index (χ0v) is 13.4. The third-order valence-electron chi connectivity index (χ3n) is 3.27. The first kappa shape index (κ1) is 15.5. The largest absolute Gasteiger partial charge is 0.381 e. The highest BCUT2D eigenvalue weighted by atomic mass is 79.9. The number of ether oxygens (including phenoxy) is 1. The summed E-state index contributed by atoms with van der Waals surface area (Å²) in [6.45, 7) is 7.95. The maximum atomic E-state index is 12.0. The van der Waals surface area contributed by atoms with E-state index < -0.39 is 0 Å². The van der Waals surface area contributed by atoms with E-state index in [-0.39, 0.29) is 5.56 Å². The fourth-order valence-electron chi connectivity index (χ4n) is 2.13. The maximum Gasteiger partial charge on any atom is 0.283 e. The first-order valence-electron chi connectivity index (χ1n) is 7.02. The van der Waals surface area contributed by atoms with Crippen LogP contribution in [-0.4, -0.2) is 54.1 Å². The number of nitrogens with one attached hydrogen (secondary N) is 1. The van der Waals surface area contributed by atoms with E-state index in [1.54, 1.807) is 6.20 Å². The summed E-state index contributed by atoms with van der Waals surface area (Å²) in [4.78, 5) is 14.4. The highest BCUT2D eigenvalue weighted by Gasteiger charge is 2.11. The van der Waals surface area contributed by atoms with Gasteiger partial charge in [0.05, 0.1) is 25.1 Å². The predicted molar refractivity (Wildman–Crippen MR) is 82.2 cm³/mol. The standard InChI is InChI=1S/C13H21BrN4O2/c1-2-4-18-13(19)12(14)11(10-16-18)15-3-5-17-6-8-20-9-7-17/h10,15H,2-9H2,1H3. The average molecular weight is 345 g/mol.